The van der Waals surface area contributed by atoms with Gasteiger partial charge in [0.25, 0.3) is 0 Å². The second-order valence-corrected chi connectivity index (χ2v) is 5.34. The van der Waals surface area contributed by atoms with Crippen LogP contribution in [-0.2, 0) is 14.2 Å². The van der Waals surface area contributed by atoms with Gasteiger partial charge in [0.05, 0.1) is 20.8 Å². The maximum atomic E-state index is 10.6. The summed E-state index contributed by atoms with van der Waals surface area (Å²) in [5.74, 6) is 1.24. The summed E-state index contributed by atoms with van der Waals surface area (Å²) in [5.41, 5.74) is -1.05. The van der Waals surface area contributed by atoms with E-state index >= 15 is 0 Å². The second kappa shape index (κ2) is 5.46. The van der Waals surface area contributed by atoms with E-state index in [4.69, 9.17) is 14.2 Å². The molecule has 0 bridgehead atoms. The highest BCUT2D eigenvalue weighted by molar-refractivity contribution is 5.94. The number of nitrogens with zero attached hydrogens (tertiary/aromatic N) is 2. The first kappa shape index (κ1) is 14.3. The molecule has 0 amide bonds. The van der Waals surface area contributed by atoms with Gasteiger partial charge in [-0.05, 0) is 5.92 Å². The Morgan fingerprint density at radius 3 is 2.42 bits per heavy atom. The summed E-state index contributed by atoms with van der Waals surface area (Å²) < 4.78 is 15.9. The summed E-state index contributed by atoms with van der Waals surface area (Å²) >= 11 is 0. The lowest BCUT2D eigenvalue weighted by Crippen LogP contribution is -2.51. The predicted octanol–water partition coefficient (Wildman–Crippen LogP) is 0.634. The standard InChI is InChI=1S/C13H22N2O4/c1-8(2)9-11(17-3)15-10(12(14-9)18-4)13(16)5-6-19-7-13/h8-10,16H,5-7H2,1-4H3/t9-,10-,13-/m1/s1. The first-order chi connectivity index (χ1) is 9.01. The summed E-state index contributed by atoms with van der Waals surface area (Å²) in [7, 11) is 3.13. The van der Waals surface area contributed by atoms with Crippen molar-refractivity contribution < 1.29 is 19.3 Å². The molecule has 2 heterocycles. The minimum Gasteiger partial charge on any atom is -0.483 e. The third-order valence-electron chi connectivity index (χ3n) is 3.60. The first-order valence-electron chi connectivity index (χ1n) is 6.55. The minimum atomic E-state index is -1.05. The van der Waals surface area contributed by atoms with E-state index in [-0.39, 0.29) is 18.6 Å². The first-order valence-corrected chi connectivity index (χ1v) is 6.55. The summed E-state index contributed by atoms with van der Waals surface area (Å²) in [6, 6.07) is -0.716. The highest BCUT2D eigenvalue weighted by Crippen LogP contribution is 2.29. The molecule has 0 spiro atoms. The molecular formula is C13H22N2O4. The van der Waals surface area contributed by atoms with Crippen LogP contribution in [-0.4, -0.2) is 62.0 Å². The van der Waals surface area contributed by atoms with Crippen molar-refractivity contribution in [3.05, 3.63) is 0 Å². The number of ether oxygens (including phenoxy) is 3. The Kier molecular flexibility index (Phi) is 4.10. The molecule has 108 valence electrons. The number of hydrogen-bond donors (Lipinski definition) is 1. The monoisotopic (exact) mass is 270 g/mol. The van der Waals surface area contributed by atoms with Gasteiger partial charge in [-0.2, -0.15) is 0 Å². The van der Waals surface area contributed by atoms with Crippen LogP contribution in [0, 0.1) is 5.92 Å². The van der Waals surface area contributed by atoms with Crippen molar-refractivity contribution in [2.45, 2.75) is 38.0 Å². The van der Waals surface area contributed by atoms with Gasteiger partial charge in [-0.1, -0.05) is 13.8 Å². The predicted molar refractivity (Wildman–Crippen MR) is 71.7 cm³/mol. The van der Waals surface area contributed by atoms with Crippen LogP contribution in [0.25, 0.3) is 0 Å². The number of methoxy groups -OCH3 is 2. The Hall–Kier alpha value is -1.14. The summed E-state index contributed by atoms with van der Waals surface area (Å²) in [4.78, 5) is 9.06. The topological polar surface area (TPSA) is 72.6 Å². The van der Waals surface area contributed by atoms with Crippen molar-refractivity contribution in [1.29, 1.82) is 0 Å². The van der Waals surface area contributed by atoms with E-state index in [9.17, 15) is 5.11 Å². The summed E-state index contributed by atoms with van der Waals surface area (Å²) in [6.07, 6.45) is 0.521. The maximum Gasteiger partial charge on any atom is 0.212 e. The molecule has 0 radical (unpaired) electrons. The van der Waals surface area contributed by atoms with Crippen molar-refractivity contribution >= 4 is 11.8 Å². The molecule has 2 aliphatic rings. The number of aliphatic hydroxyl groups is 1. The van der Waals surface area contributed by atoms with Gasteiger partial charge in [0, 0.05) is 13.0 Å². The van der Waals surface area contributed by atoms with Crippen molar-refractivity contribution in [3.63, 3.8) is 0 Å². The van der Waals surface area contributed by atoms with Gasteiger partial charge in [-0.25, -0.2) is 9.98 Å². The molecule has 1 fully saturated rings. The van der Waals surface area contributed by atoms with Crippen LogP contribution in [0.4, 0.5) is 0 Å². The largest absolute Gasteiger partial charge is 0.483 e. The fourth-order valence-corrected chi connectivity index (χ4v) is 2.43. The zero-order chi connectivity index (χ0) is 14.0. The van der Waals surface area contributed by atoms with E-state index < -0.39 is 11.6 Å². The Balaban J connectivity index is 2.33. The Bertz CT molecular complexity index is 386. The normalized spacial score (nSPS) is 35.1. The molecule has 0 aliphatic carbocycles. The number of hydrogen-bond acceptors (Lipinski definition) is 6. The molecule has 1 saturated heterocycles. The molecule has 0 unspecified atom stereocenters. The SMILES string of the molecule is COC1=N[C@H](C(C)C)C(OC)=N[C@H]1[C@@]1(O)CCOC1. The van der Waals surface area contributed by atoms with Crippen LogP contribution < -0.4 is 0 Å². The van der Waals surface area contributed by atoms with Gasteiger partial charge in [0.1, 0.15) is 11.6 Å². The molecule has 0 aromatic heterocycles. The van der Waals surface area contributed by atoms with E-state index in [1.165, 1.54) is 0 Å². The van der Waals surface area contributed by atoms with E-state index in [1.807, 2.05) is 13.8 Å². The molecule has 6 nitrogen and oxygen atoms in total. The van der Waals surface area contributed by atoms with Crippen LogP contribution >= 0.6 is 0 Å². The summed E-state index contributed by atoms with van der Waals surface area (Å²) in [6.45, 7) is 4.86. The maximum absolute atomic E-state index is 10.6. The molecule has 2 aliphatic heterocycles. The summed E-state index contributed by atoms with van der Waals surface area (Å²) in [5, 5.41) is 10.6. The van der Waals surface area contributed by atoms with E-state index in [0.29, 0.717) is 24.8 Å². The van der Waals surface area contributed by atoms with Gasteiger partial charge >= 0.3 is 0 Å². The fourth-order valence-electron chi connectivity index (χ4n) is 2.43. The molecule has 0 aromatic rings. The third kappa shape index (κ3) is 2.60. The average Bonchev–Trinajstić information content (AvgIpc) is 2.85. The van der Waals surface area contributed by atoms with Crippen molar-refractivity contribution in [2.75, 3.05) is 27.4 Å². The van der Waals surface area contributed by atoms with E-state index in [0.717, 1.165) is 0 Å². The molecule has 3 atom stereocenters. The van der Waals surface area contributed by atoms with Crippen molar-refractivity contribution in [1.82, 2.24) is 0 Å². The minimum absolute atomic E-state index is 0.165. The lowest BCUT2D eigenvalue weighted by Gasteiger charge is -2.33. The number of rotatable bonds is 2. The Morgan fingerprint density at radius 2 is 1.95 bits per heavy atom. The van der Waals surface area contributed by atoms with Crippen molar-refractivity contribution in [3.8, 4) is 0 Å². The van der Waals surface area contributed by atoms with Crippen LogP contribution in [0.1, 0.15) is 20.3 Å². The molecule has 2 rings (SSSR count). The smallest absolute Gasteiger partial charge is 0.212 e. The Morgan fingerprint density at radius 1 is 1.26 bits per heavy atom. The van der Waals surface area contributed by atoms with Crippen LogP contribution in [0.3, 0.4) is 0 Å². The highest BCUT2D eigenvalue weighted by Gasteiger charge is 2.47. The fraction of sp³-hybridized carbons (Fsp3) is 0.846. The molecule has 0 saturated carbocycles. The van der Waals surface area contributed by atoms with E-state index in [1.54, 1.807) is 14.2 Å². The van der Waals surface area contributed by atoms with Crippen LogP contribution in [0.15, 0.2) is 9.98 Å². The lowest BCUT2D eigenvalue weighted by atomic mass is 9.91. The molecule has 1 N–H and O–H groups in total. The third-order valence-corrected chi connectivity index (χ3v) is 3.60. The molecule has 19 heavy (non-hydrogen) atoms. The molecule has 6 heteroatoms. The van der Waals surface area contributed by atoms with Crippen molar-refractivity contribution in [2.24, 2.45) is 15.9 Å². The van der Waals surface area contributed by atoms with Gasteiger partial charge in [0.15, 0.2) is 6.04 Å². The highest BCUT2D eigenvalue weighted by atomic mass is 16.5. The van der Waals surface area contributed by atoms with Gasteiger partial charge in [-0.15, -0.1) is 0 Å². The lowest BCUT2D eigenvalue weighted by molar-refractivity contribution is 0.0153. The quantitative estimate of drug-likeness (QED) is 0.799. The zero-order valence-electron chi connectivity index (χ0n) is 11.9. The van der Waals surface area contributed by atoms with E-state index in [2.05, 4.69) is 9.98 Å². The van der Waals surface area contributed by atoms with Gasteiger partial charge in [0.2, 0.25) is 11.8 Å². The Labute approximate surface area is 113 Å². The second-order valence-electron chi connectivity index (χ2n) is 5.34. The molecule has 0 aromatic carbocycles. The average molecular weight is 270 g/mol. The van der Waals surface area contributed by atoms with Gasteiger partial charge in [-0.3, -0.25) is 0 Å². The number of aliphatic imine (C=N–C) groups is 2. The van der Waals surface area contributed by atoms with Gasteiger partial charge < -0.3 is 19.3 Å². The zero-order valence-corrected chi connectivity index (χ0v) is 11.9. The van der Waals surface area contributed by atoms with Crippen LogP contribution in [0.5, 0.6) is 0 Å². The molecular weight excluding hydrogens is 248 g/mol. The van der Waals surface area contributed by atoms with Crippen LogP contribution in [0.2, 0.25) is 0 Å².